The van der Waals surface area contributed by atoms with Gasteiger partial charge in [0.1, 0.15) is 0 Å². The molecule has 0 unspecified atom stereocenters. The topological polar surface area (TPSA) is 69.2 Å². The van der Waals surface area contributed by atoms with Crippen molar-refractivity contribution in [2.24, 2.45) is 10.4 Å². The van der Waals surface area contributed by atoms with Gasteiger partial charge in [0, 0.05) is 53.4 Å². The number of piperazine rings is 1. The molecule has 0 radical (unpaired) electrons. The third kappa shape index (κ3) is 5.58. The Bertz CT molecular complexity index is 700. The lowest BCUT2D eigenvalue weighted by molar-refractivity contribution is -0.128. The summed E-state index contributed by atoms with van der Waals surface area (Å²) in [6.07, 6.45) is 0. The molecule has 2 N–H and O–H groups in total. The minimum absolute atomic E-state index is 0.00741. The summed E-state index contributed by atoms with van der Waals surface area (Å²) in [4.78, 5) is 20.8. The fraction of sp³-hybridized carbons (Fsp3) is 0.600. The highest BCUT2D eigenvalue weighted by Crippen LogP contribution is 2.19. The van der Waals surface area contributed by atoms with Crippen LogP contribution >= 0.6 is 0 Å². The lowest BCUT2D eigenvalue weighted by Crippen LogP contribution is -2.54. The Balaban J connectivity index is 1.86. The second-order valence-corrected chi connectivity index (χ2v) is 7.60. The molecule has 0 bridgehead atoms. The molecule has 2 rings (SSSR count). The molecule has 1 aliphatic heterocycles. The largest absolute Gasteiger partial charge is 0.494 e. The number of hydrogen-bond acceptors (Lipinski definition) is 4. The smallest absolute Gasteiger partial charge is 0.227 e. The fourth-order valence-corrected chi connectivity index (χ4v) is 3.24. The van der Waals surface area contributed by atoms with Gasteiger partial charge in [-0.15, -0.1) is 0 Å². The Morgan fingerprint density at radius 3 is 2.50 bits per heavy atom. The van der Waals surface area contributed by atoms with Crippen molar-refractivity contribution < 1.29 is 13.9 Å². The third-order valence-electron chi connectivity index (χ3n) is 5.04. The van der Waals surface area contributed by atoms with Crippen LogP contribution in [-0.2, 0) is 11.3 Å². The number of ether oxygens (including phenoxy) is 1. The molecule has 0 aromatic heterocycles. The summed E-state index contributed by atoms with van der Waals surface area (Å²) in [7, 11) is 4.86. The summed E-state index contributed by atoms with van der Waals surface area (Å²) < 4.78 is 18.8. The maximum atomic E-state index is 13.9. The molecule has 1 saturated heterocycles. The van der Waals surface area contributed by atoms with E-state index in [-0.39, 0.29) is 17.5 Å². The number of amides is 1. The lowest BCUT2D eigenvalue weighted by atomic mass is 9.92. The van der Waals surface area contributed by atoms with Crippen molar-refractivity contribution in [1.82, 2.24) is 20.4 Å². The molecule has 28 heavy (non-hydrogen) atoms. The molecule has 1 fully saturated rings. The Kier molecular flexibility index (Phi) is 7.62. The molecule has 7 nitrogen and oxygen atoms in total. The number of nitrogens with zero attached hydrogens (tertiary/aromatic N) is 3. The van der Waals surface area contributed by atoms with Crippen LogP contribution in [0.25, 0.3) is 0 Å². The molecular formula is C20H32FN5O2. The quantitative estimate of drug-likeness (QED) is 0.563. The molecule has 1 heterocycles. The van der Waals surface area contributed by atoms with Crippen molar-refractivity contribution >= 4 is 11.9 Å². The van der Waals surface area contributed by atoms with Crippen LogP contribution in [0.1, 0.15) is 19.4 Å². The summed E-state index contributed by atoms with van der Waals surface area (Å²) >= 11 is 0. The zero-order valence-electron chi connectivity index (χ0n) is 17.5. The predicted octanol–water partition coefficient (Wildman–Crippen LogP) is 1.30. The van der Waals surface area contributed by atoms with E-state index in [0.717, 1.165) is 37.7 Å². The van der Waals surface area contributed by atoms with E-state index in [1.54, 1.807) is 20.2 Å². The molecule has 1 amide bonds. The number of methoxy groups -OCH3 is 1. The van der Waals surface area contributed by atoms with Crippen molar-refractivity contribution in [3.8, 4) is 5.75 Å². The van der Waals surface area contributed by atoms with Gasteiger partial charge >= 0.3 is 0 Å². The molecular weight excluding hydrogens is 361 g/mol. The van der Waals surface area contributed by atoms with E-state index < -0.39 is 5.41 Å². The molecule has 0 saturated carbocycles. The first-order valence-electron chi connectivity index (χ1n) is 9.53. The van der Waals surface area contributed by atoms with E-state index in [1.165, 1.54) is 13.2 Å². The van der Waals surface area contributed by atoms with Crippen LogP contribution in [0.5, 0.6) is 5.75 Å². The number of aliphatic imine (C=N–C) groups is 1. The van der Waals surface area contributed by atoms with Crippen molar-refractivity contribution in [2.45, 2.75) is 20.4 Å². The zero-order valence-corrected chi connectivity index (χ0v) is 17.5. The third-order valence-corrected chi connectivity index (χ3v) is 5.04. The molecule has 1 aromatic rings. The summed E-state index contributed by atoms with van der Waals surface area (Å²) in [6.45, 7) is 8.35. The van der Waals surface area contributed by atoms with E-state index in [4.69, 9.17) is 4.74 Å². The minimum Gasteiger partial charge on any atom is -0.494 e. The number of rotatable bonds is 6. The molecule has 8 heteroatoms. The first-order chi connectivity index (χ1) is 13.3. The van der Waals surface area contributed by atoms with Gasteiger partial charge in [0.25, 0.3) is 0 Å². The zero-order chi connectivity index (χ0) is 20.7. The van der Waals surface area contributed by atoms with Gasteiger partial charge in [0.15, 0.2) is 17.5 Å². The van der Waals surface area contributed by atoms with Crippen molar-refractivity contribution in [2.75, 3.05) is 53.9 Å². The van der Waals surface area contributed by atoms with Crippen molar-refractivity contribution in [3.63, 3.8) is 0 Å². The van der Waals surface area contributed by atoms with Gasteiger partial charge in [-0.25, -0.2) is 4.39 Å². The second-order valence-electron chi connectivity index (χ2n) is 7.60. The van der Waals surface area contributed by atoms with Crippen LogP contribution in [0.4, 0.5) is 4.39 Å². The first-order valence-corrected chi connectivity index (χ1v) is 9.53. The molecule has 0 atom stereocenters. The second kappa shape index (κ2) is 9.73. The van der Waals surface area contributed by atoms with E-state index >= 15 is 0 Å². The number of nitrogens with one attached hydrogen (secondary N) is 2. The SMILES string of the molecule is CN=C(NCC(C)(C)C(=O)NC)N1CCN(Cc2ccc(OC)c(F)c2)CC1. The number of carbonyl (C=O) groups excluding carboxylic acids is 1. The maximum absolute atomic E-state index is 13.9. The number of guanidine groups is 1. The monoisotopic (exact) mass is 393 g/mol. The number of carbonyl (C=O) groups is 1. The maximum Gasteiger partial charge on any atom is 0.227 e. The summed E-state index contributed by atoms with van der Waals surface area (Å²) in [5.41, 5.74) is 0.409. The van der Waals surface area contributed by atoms with Gasteiger partial charge in [-0.3, -0.25) is 14.7 Å². The van der Waals surface area contributed by atoms with E-state index in [0.29, 0.717) is 13.1 Å². The van der Waals surface area contributed by atoms with Crippen LogP contribution in [0.15, 0.2) is 23.2 Å². The highest BCUT2D eigenvalue weighted by molar-refractivity contribution is 5.84. The van der Waals surface area contributed by atoms with Gasteiger partial charge < -0.3 is 20.3 Å². The van der Waals surface area contributed by atoms with Gasteiger partial charge in [-0.2, -0.15) is 0 Å². The van der Waals surface area contributed by atoms with Crippen molar-refractivity contribution in [3.05, 3.63) is 29.6 Å². The highest BCUT2D eigenvalue weighted by atomic mass is 19.1. The van der Waals surface area contributed by atoms with Crippen LogP contribution in [0, 0.1) is 11.2 Å². The van der Waals surface area contributed by atoms with Crippen LogP contribution in [0.3, 0.4) is 0 Å². The highest BCUT2D eigenvalue weighted by Gasteiger charge is 2.28. The van der Waals surface area contributed by atoms with Gasteiger partial charge in [-0.1, -0.05) is 6.07 Å². The Morgan fingerprint density at radius 1 is 1.29 bits per heavy atom. The first kappa shape index (κ1) is 21.9. The fourth-order valence-electron chi connectivity index (χ4n) is 3.24. The summed E-state index contributed by atoms with van der Waals surface area (Å²) in [5.74, 6) is 0.726. The molecule has 1 aromatic carbocycles. The van der Waals surface area contributed by atoms with Gasteiger partial charge in [0.2, 0.25) is 5.91 Å². The van der Waals surface area contributed by atoms with E-state index in [1.807, 2.05) is 19.9 Å². The van der Waals surface area contributed by atoms with Gasteiger partial charge in [-0.05, 0) is 31.5 Å². The molecule has 0 aliphatic carbocycles. The van der Waals surface area contributed by atoms with E-state index in [9.17, 15) is 9.18 Å². The van der Waals surface area contributed by atoms with Crippen molar-refractivity contribution in [1.29, 1.82) is 0 Å². The standard InChI is InChI=1S/C20H32FN5O2/c1-20(2,18(27)22-3)14-24-19(23-4)26-10-8-25(9-11-26)13-15-6-7-17(28-5)16(21)12-15/h6-7,12H,8-11,13-14H2,1-5H3,(H,22,27)(H,23,24). The Morgan fingerprint density at radius 2 is 1.96 bits per heavy atom. The molecule has 156 valence electrons. The summed E-state index contributed by atoms with van der Waals surface area (Å²) in [5, 5.41) is 6.01. The van der Waals surface area contributed by atoms with Crippen LogP contribution < -0.4 is 15.4 Å². The number of halogens is 1. The number of benzene rings is 1. The Labute approximate surface area is 166 Å². The number of hydrogen-bond donors (Lipinski definition) is 2. The molecule has 1 aliphatic rings. The van der Waals surface area contributed by atoms with E-state index in [2.05, 4.69) is 25.4 Å². The molecule has 0 spiro atoms. The average molecular weight is 394 g/mol. The lowest BCUT2D eigenvalue weighted by Gasteiger charge is -2.37. The Hall–Kier alpha value is -2.35. The van der Waals surface area contributed by atoms with Gasteiger partial charge in [0.05, 0.1) is 12.5 Å². The predicted molar refractivity (Wildman–Crippen MR) is 109 cm³/mol. The minimum atomic E-state index is -0.523. The average Bonchev–Trinajstić information content (AvgIpc) is 2.69. The van der Waals surface area contributed by atoms with Crippen LogP contribution in [-0.4, -0.2) is 75.6 Å². The normalized spacial score (nSPS) is 16.1. The van der Waals surface area contributed by atoms with Crippen LogP contribution in [0.2, 0.25) is 0 Å². The summed E-state index contributed by atoms with van der Waals surface area (Å²) in [6, 6.07) is 5.10.